The second-order valence-corrected chi connectivity index (χ2v) is 7.34. The van der Waals surface area contributed by atoms with Crippen LogP contribution in [0.15, 0.2) is 30.3 Å². The molecule has 0 fully saturated rings. The van der Waals surface area contributed by atoms with Crippen LogP contribution in [-0.2, 0) is 14.3 Å². The van der Waals surface area contributed by atoms with Crippen molar-refractivity contribution < 1.29 is 23.9 Å². The number of esters is 2. The number of aryl methyl sites for hydroxylation is 1. The van der Waals surface area contributed by atoms with Gasteiger partial charge in [0.05, 0.1) is 17.7 Å². The lowest BCUT2D eigenvalue weighted by Crippen LogP contribution is -2.21. The minimum Gasteiger partial charge on any atom is -0.462 e. The summed E-state index contributed by atoms with van der Waals surface area (Å²) in [7, 11) is 0. The van der Waals surface area contributed by atoms with Crippen molar-refractivity contribution in [2.45, 2.75) is 33.6 Å². The largest absolute Gasteiger partial charge is 0.462 e. The molecular formula is C20H23NO5S. The van der Waals surface area contributed by atoms with Crippen molar-refractivity contribution in [1.29, 1.82) is 0 Å². The van der Waals surface area contributed by atoms with E-state index in [2.05, 4.69) is 5.32 Å². The first-order chi connectivity index (χ1) is 12.8. The summed E-state index contributed by atoms with van der Waals surface area (Å²) in [5.41, 5.74) is 1.71. The van der Waals surface area contributed by atoms with Gasteiger partial charge in [-0.2, -0.15) is 0 Å². The Hall–Kier alpha value is -2.67. The molecule has 2 rings (SSSR count). The van der Waals surface area contributed by atoms with Gasteiger partial charge in [-0.15, -0.1) is 11.3 Å². The third-order valence-electron chi connectivity index (χ3n) is 3.69. The number of nitrogens with one attached hydrogen (secondary N) is 1. The highest BCUT2D eigenvalue weighted by atomic mass is 32.1. The molecule has 0 radical (unpaired) electrons. The fraction of sp³-hybridized carbons (Fsp3) is 0.350. The first-order valence-electron chi connectivity index (χ1n) is 8.66. The van der Waals surface area contributed by atoms with E-state index >= 15 is 0 Å². The molecule has 7 heteroatoms. The normalized spacial score (nSPS) is 10.6. The molecule has 27 heavy (non-hydrogen) atoms. The maximum absolute atomic E-state index is 12.2. The number of rotatable bonds is 7. The Morgan fingerprint density at radius 2 is 1.74 bits per heavy atom. The number of carbonyl (C=O) groups excluding carboxylic acids is 3. The first-order valence-corrected chi connectivity index (χ1v) is 9.48. The average Bonchev–Trinajstić information content (AvgIpc) is 3.04. The molecule has 0 aliphatic rings. The molecule has 0 saturated carbocycles. The van der Waals surface area contributed by atoms with Crippen molar-refractivity contribution >= 4 is 34.2 Å². The predicted octanol–water partition coefficient (Wildman–Crippen LogP) is 4.15. The maximum atomic E-state index is 12.2. The molecule has 0 spiro atoms. The van der Waals surface area contributed by atoms with Gasteiger partial charge in [0.2, 0.25) is 0 Å². The van der Waals surface area contributed by atoms with E-state index in [1.165, 1.54) is 11.3 Å². The molecule has 2 aromatic rings. The maximum Gasteiger partial charge on any atom is 0.341 e. The molecule has 0 bridgehead atoms. The second kappa shape index (κ2) is 9.32. The van der Waals surface area contributed by atoms with Gasteiger partial charge in [-0.25, -0.2) is 9.59 Å². The molecule has 6 nitrogen and oxygen atoms in total. The van der Waals surface area contributed by atoms with Gasteiger partial charge >= 0.3 is 11.9 Å². The van der Waals surface area contributed by atoms with Crippen LogP contribution in [0.3, 0.4) is 0 Å². The molecule has 1 heterocycles. The van der Waals surface area contributed by atoms with E-state index in [4.69, 9.17) is 9.47 Å². The van der Waals surface area contributed by atoms with Gasteiger partial charge in [0, 0.05) is 4.88 Å². The van der Waals surface area contributed by atoms with Crippen LogP contribution < -0.4 is 5.32 Å². The third kappa shape index (κ3) is 5.65. The van der Waals surface area contributed by atoms with Crippen molar-refractivity contribution in [2.24, 2.45) is 0 Å². The van der Waals surface area contributed by atoms with E-state index in [9.17, 15) is 14.4 Å². The van der Waals surface area contributed by atoms with Gasteiger partial charge in [-0.3, -0.25) is 4.79 Å². The standard InChI is InChI=1S/C20H23NO5S/c1-5-25-20(24)15-10-16(12(2)3)27-18(15)21-17(22)11-26-19(23)14-8-6-13(4)7-9-14/h6-10,12H,5,11H2,1-4H3,(H,21,22). The first kappa shape index (κ1) is 20.6. The minimum atomic E-state index is -0.579. The van der Waals surface area contributed by atoms with Gasteiger partial charge in [-0.05, 0) is 38.0 Å². The van der Waals surface area contributed by atoms with Gasteiger partial charge in [0.25, 0.3) is 5.91 Å². The van der Waals surface area contributed by atoms with E-state index < -0.39 is 24.5 Å². The lowest BCUT2D eigenvalue weighted by atomic mass is 10.1. The van der Waals surface area contributed by atoms with Crippen LogP contribution in [-0.4, -0.2) is 31.1 Å². The monoisotopic (exact) mass is 389 g/mol. The number of thiophene rings is 1. The van der Waals surface area contributed by atoms with E-state index in [-0.39, 0.29) is 12.5 Å². The molecule has 1 amide bonds. The summed E-state index contributed by atoms with van der Waals surface area (Å²) in [5, 5.41) is 3.04. The molecule has 1 N–H and O–H groups in total. The Balaban J connectivity index is 2.03. The average molecular weight is 389 g/mol. The van der Waals surface area contributed by atoms with E-state index in [0.29, 0.717) is 16.1 Å². The summed E-state index contributed by atoms with van der Waals surface area (Å²) in [4.78, 5) is 37.2. The smallest absolute Gasteiger partial charge is 0.341 e. The molecule has 0 unspecified atom stereocenters. The number of hydrogen-bond acceptors (Lipinski definition) is 6. The molecule has 0 aliphatic heterocycles. The zero-order chi connectivity index (χ0) is 20.0. The summed E-state index contributed by atoms with van der Waals surface area (Å²) in [6, 6.07) is 8.59. The van der Waals surface area contributed by atoms with E-state index in [1.54, 1.807) is 37.3 Å². The zero-order valence-corrected chi connectivity index (χ0v) is 16.6. The summed E-state index contributed by atoms with van der Waals surface area (Å²) < 4.78 is 10.1. The minimum absolute atomic E-state index is 0.202. The Morgan fingerprint density at radius 3 is 2.33 bits per heavy atom. The van der Waals surface area contributed by atoms with Crippen LogP contribution in [0.2, 0.25) is 0 Å². The van der Waals surface area contributed by atoms with Crippen molar-refractivity contribution in [2.75, 3.05) is 18.5 Å². The molecule has 1 aromatic heterocycles. The summed E-state index contributed by atoms with van der Waals surface area (Å²) in [6.07, 6.45) is 0. The fourth-order valence-electron chi connectivity index (χ4n) is 2.21. The Labute approximate surface area is 162 Å². The van der Waals surface area contributed by atoms with Crippen molar-refractivity contribution in [3.8, 4) is 0 Å². The highest BCUT2D eigenvalue weighted by molar-refractivity contribution is 7.16. The number of amides is 1. The van der Waals surface area contributed by atoms with Crippen LogP contribution in [0.25, 0.3) is 0 Å². The van der Waals surface area contributed by atoms with Gasteiger partial charge in [-0.1, -0.05) is 31.5 Å². The number of anilines is 1. The molecular weight excluding hydrogens is 366 g/mol. The number of hydrogen-bond donors (Lipinski definition) is 1. The number of ether oxygens (including phenoxy) is 2. The lowest BCUT2D eigenvalue weighted by Gasteiger charge is -2.07. The SMILES string of the molecule is CCOC(=O)c1cc(C(C)C)sc1NC(=O)COC(=O)c1ccc(C)cc1. The van der Waals surface area contributed by atoms with Crippen LogP contribution >= 0.6 is 11.3 Å². The second-order valence-electron chi connectivity index (χ2n) is 6.26. The van der Waals surface area contributed by atoms with Crippen LogP contribution in [0.5, 0.6) is 0 Å². The quantitative estimate of drug-likeness (QED) is 0.720. The Kier molecular flexibility index (Phi) is 7.12. The topological polar surface area (TPSA) is 81.7 Å². The molecule has 144 valence electrons. The van der Waals surface area contributed by atoms with Gasteiger partial charge in [0.15, 0.2) is 6.61 Å². The number of carbonyl (C=O) groups is 3. The Bertz CT molecular complexity index is 823. The lowest BCUT2D eigenvalue weighted by molar-refractivity contribution is -0.119. The highest BCUT2D eigenvalue weighted by Crippen LogP contribution is 2.33. The van der Waals surface area contributed by atoms with Gasteiger partial charge in [0.1, 0.15) is 5.00 Å². The van der Waals surface area contributed by atoms with E-state index in [0.717, 1.165) is 10.4 Å². The van der Waals surface area contributed by atoms with Crippen molar-refractivity contribution in [3.05, 3.63) is 51.9 Å². The van der Waals surface area contributed by atoms with Crippen LogP contribution in [0, 0.1) is 6.92 Å². The van der Waals surface area contributed by atoms with Crippen molar-refractivity contribution in [1.82, 2.24) is 0 Å². The zero-order valence-electron chi connectivity index (χ0n) is 15.8. The molecule has 0 atom stereocenters. The summed E-state index contributed by atoms with van der Waals surface area (Å²) >= 11 is 1.31. The molecule has 1 aromatic carbocycles. The third-order valence-corrected chi connectivity index (χ3v) is 5.04. The molecule has 0 aliphatic carbocycles. The highest BCUT2D eigenvalue weighted by Gasteiger charge is 2.20. The predicted molar refractivity (Wildman–Crippen MR) is 104 cm³/mol. The fourth-order valence-corrected chi connectivity index (χ4v) is 3.28. The van der Waals surface area contributed by atoms with E-state index in [1.807, 2.05) is 20.8 Å². The Morgan fingerprint density at radius 1 is 1.07 bits per heavy atom. The van der Waals surface area contributed by atoms with Crippen molar-refractivity contribution in [3.63, 3.8) is 0 Å². The van der Waals surface area contributed by atoms with Crippen LogP contribution in [0.4, 0.5) is 5.00 Å². The van der Waals surface area contributed by atoms with Crippen LogP contribution in [0.1, 0.15) is 57.8 Å². The van der Waals surface area contributed by atoms with Gasteiger partial charge < -0.3 is 14.8 Å². The number of benzene rings is 1. The summed E-state index contributed by atoms with van der Waals surface area (Å²) in [6.45, 7) is 7.43. The molecule has 0 saturated heterocycles. The summed E-state index contributed by atoms with van der Waals surface area (Å²) in [5.74, 6) is -1.39.